The Morgan fingerprint density at radius 3 is 2.67 bits per heavy atom. The lowest BCUT2D eigenvalue weighted by Crippen LogP contribution is -1.96. The highest BCUT2D eigenvalue weighted by Gasteiger charge is 2.09. The zero-order chi connectivity index (χ0) is 11.4. The normalized spacial score (nSPS) is 10.1. The van der Waals surface area contributed by atoms with Crippen molar-refractivity contribution in [1.29, 1.82) is 0 Å². The standard InChI is InChI=1S/C12H16O3/c1-8(13)4-5-10-6-7-11(15-3)9(2)12(10)14/h6-7,14H,4-5H2,1-3H3. The minimum Gasteiger partial charge on any atom is -0.507 e. The third-order valence-corrected chi connectivity index (χ3v) is 2.43. The number of hydrogen-bond donors (Lipinski definition) is 1. The van der Waals surface area contributed by atoms with E-state index in [1.807, 2.05) is 6.07 Å². The van der Waals surface area contributed by atoms with Crippen LogP contribution in [-0.2, 0) is 11.2 Å². The maximum absolute atomic E-state index is 10.8. The number of carbonyl (C=O) groups is 1. The number of Topliss-reactive ketones (excluding diaryl/α,β-unsaturated/α-hetero) is 1. The van der Waals surface area contributed by atoms with Gasteiger partial charge in [0.2, 0.25) is 0 Å². The molecule has 82 valence electrons. The lowest BCUT2D eigenvalue weighted by atomic mass is 10.0. The molecule has 0 unspecified atom stereocenters. The number of hydrogen-bond acceptors (Lipinski definition) is 3. The molecule has 0 aliphatic carbocycles. The van der Waals surface area contributed by atoms with Crippen molar-refractivity contribution >= 4 is 5.78 Å². The Kier molecular flexibility index (Phi) is 3.72. The largest absolute Gasteiger partial charge is 0.507 e. The average Bonchev–Trinajstić information content (AvgIpc) is 2.20. The SMILES string of the molecule is COc1ccc(CCC(C)=O)c(O)c1C. The number of ether oxygens (including phenoxy) is 1. The quantitative estimate of drug-likeness (QED) is 0.825. The first-order valence-electron chi connectivity index (χ1n) is 4.91. The number of phenolic OH excluding ortho intramolecular Hbond substituents is 1. The molecular formula is C12H16O3. The number of methoxy groups -OCH3 is 1. The summed E-state index contributed by atoms with van der Waals surface area (Å²) < 4.78 is 5.08. The highest BCUT2D eigenvalue weighted by atomic mass is 16.5. The van der Waals surface area contributed by atoms with E-state index < -0.39 is 0 Å². The Morgan fingerprint density at radius 1 is 1.47 bits per heavy atom. The molecule has 0 amide bonds. The molecule has 0 saturated carbocycles. The molecule has 1 aromatic rings. The Bertz CT molecular complexity index is 369. The van der Waals surface area contributed by atoms with Crippen molar-refractivity contribution in [3.63, 3.8) is 0 Å². The lowest BCUT2D eigenvalue weighted by molar-refractivity contribution is -0.116. The van der Waals surface area contributed by atoms with Gasteiger partial charge in [0, 0.05) is 12.0 Å². The van der Waals surface area contributed by atoms with Crippen LogP contribution in [0.25, 0.3) is 0 Å². The van der Waals surface area contributed by atoms with Gasteiger partial charge in [-0.3, -0.25) is 0 Å². The van der Waals surface area contributed by atoms with Gasteiger partial charge in [-0.25, -0.2) is 0 Å². The Labute approximate surface area is 89.7 Å². The molecule has 1 N–H and O–H groups in total. The van der Waals surface area contributed by atoms with E-state index in [4.69, 9.17) is 4.74 Å². The first kappa shape index (κ1) is 11.6. The number of benzene rings is 1. The Balaban J connectivity index is 2.91. The summed E-state index contributed by atoms with van der Waals surface area (Å²) in [4.78, 5) is 10.8. The summed E-state index contributed by atoms with van der Waals surface area (Å²) in [6.45, 7) is 3.35. The van der Waals surface area contributed by atoms with Crippen LogP contribution in [0.1, 0.15) is 24.5 Å². The van der Waals surface area contributed by atoms with Crippen LogP contribution in [0.15, 0.2) is 12.1 Å². The molecule has 0 aliphatic rings. The molecular weight excluding hydrogens is 192 g/mol. The lowest BCUT2D eigenvalue weighted by Gasteiger charge is -2.10. The molecule has 0 fully saturated rings. The van der Waals surface area contributed by atoms with Gasteiger partial charge in [-0.2, -0.15) is 0 Å². The van der Waals surface area contributed by atoms with Crippen LogP contribution in [0.5, 0.6) is 11.5 Å². The van der Waals surface area contributed by atoms with Crippen molar-refractivity contribution in [3.05, 3.63) is 23.3 Å². The third-order valence-electron chi connectivity index (χ3n) is 2.43. The van der Waals surface area contributed by atoms with Crippen LogP contribution >= 0.6 is 0 Å². The second kappa shape index (κ2) is 4.82. The van der Waals surface area contributed by atoms with E-state index in [0.29, 0.717) is 18.6 Å². The van der Waals surface area contributed by atoms with Gasteiger partial charge in [0.15, 0.2) is 0 Å². The van der Waals surface area contributed by atoms with E-state index >= 15 is 0 Å². The predicted molar refractivity (Wildman–Crippen MR) is 58.4 cm³/mol. The molecule has 0 aromatic heterocycles. The van der Waals surface area contributed by atoms with E-state index in [9.17, 15) is 9.90 Å². The predicted octanol–water partition coefficient (Wildman–Crippen LogP) is 2.23. The molecule has 0 radical (unpaired) electrons. The van der Waals surface area contributed by atoms with Crippen LogP contribution in [0.2, 0.25) is 0 Å². The van der Waals surface area contributed by atoms with Gasteiger partial charge in [-0.15, -0.1) is 0 Å². The average molecular weight is 208 g/mol. The summed E-state index contributed by atoms with van der Waals surface area (Å²) >= 11 is 0. The Morgan fingerprint density at radius 2 is 2.13 bits per heavy atom. The van der Waals surface area contributed by atoms with E-state index in [1.54, 1.807) is 27.0 Å². The smallest absolute Gasteiger partial charge is 0.130 e. The highest BCUT2D eigenvalue weighted by molar-refractivity contribution is 5.75. The molecule has 3 nitrogen and oxygen atoms in total. The van der Waals surface area contributed by atoms with Gasteiger partial charge in [-0.05, 0) is 31.9 Å². The number of aromatic hydroxyl groups is 1. The van der Waals surface area contributed by atoms with E-state index in [1.165, 1.54) is 0 Å². The van der Waals surface area contributed by atoms with Crippen molar-refractivity contribution in [2.24, 2.45) is 0 Å². The van der Waals surface area contributed by atoms with Gasteiger partial charge in [0.25, 0.3) is 0 Å². The fourth-order valence-electron chi connectivity index (χ4n) is 1.47. The maximum atomic E-state index is 10.8. The fraction of sp³-hybridized carbons (Fsp3) is 0.417. The van der Waals surface area contributed by atoms with Gasteiger partial charge in [0.1, 0.15) is 17.3 Å². The molecule has 1 rings (SSSR count). The molecule has 0 atom stereocenters. The first-order chi connectivity index (χ1) is 7.06. The van der Waals surface area contributed by atoms with Crippen LogP contribution in [0.4, 0.5) is 0 Å². The zero-order valence-corrected chi connectivity index (χ0v) is 9.33. The van der Waals surface area contributed by atoms with Crippen LogP contribution in [-0.4, -0.2) is 18.0 Å². The summed E-state index contributed by atoms with van der Waals surface area (Å²) in [5, 5.41) is 9.83. The Hall–Kier alpha value is -1.51. The van der Waals surface area contributed by atoms with Crippen LogP contribution < -0.4 is 4.74 Å². The first-order valence-corrected chi connectivity index (χ1v) is 4.91. The summed E-state index contributed by atoms with van der Waals surface area (Å²) in [6.07, 6.45) is 1.03. The minimum atomic E-state index is 0.128. The molecule has 0 heterocycles. The van der Waals surface area contributed by atoms with Gasteiger partial charge in [-0.1, -0.05) is 6.07 Å². The van der Waals surface area contributed by atoms with Gasteiger partial charge in [0.05, 0.1) is 7.11 Å². The number of aryl methyl sites for hydroxylation is 1. The monoisotopic (exact) mass is 208 g/mol. The van der Waals surface area contributed by atoms with Crippen molar-refractivity contribution in [1.82, 2.24) is 0 Å². The minimum absolute atomic E-state index is 0.128. The van der Waals surface area contributed by atoms with Crippen molar-refractivity contribution in [2.75, 3.05) is 7.11 Å². The fourth-order valence-corrected chi connectivity index (χ4v) is 1.47. The molecule has 1 aromatic carbocycles. The number of carbonyl (C=O) groups excluding carboxylic acids is 1. The maximum Gasteiger partial charge on any atom is 0.130 e. The van der Waals surface area contributed by atoms with Crippen molar-refractivity contribution in [3.8, 4) is 11.5 Å². The zero-order valence-electron chi connectivity index (χ0n) is 9.33. The van der Waals surface area contributed by atoms with E-state index in [0.717, 1.165) is 11.1 Å². The van der Waals surface area contributed by atoms with Crippen LogP contribution in [0.3, 0.4) is 0 Å². The van der Waals surface area contributed by atoms with Crippen molar-refractivity contribution < 1.29 is 14.6 Å². The van der Waals surface area contributed by atoms with Gasteiger partial charge >= 0.3 is 0 Å². The summed E-state index contributed by atoms with van der Waals surface area (Å²) in [5.74, 6) is 1.03. The van der Waals surface area contributed by atoms with Crippen molar-refractivity contribution in [2.45, 2.75) is 26.7 Å². The highest BCUT2D eigenvalue weighted by Crippen LogP contribution is 2.30. The number of ketones is 1. The summed E-state index contributed by atoms with van der Waals surface area (Å²) in [6, 6.07) is 3.61. The molecule has 0 saturated heterocycles. The van der Waals surface area contributed by atoms with Crippen LogP contribution in [0, 0.1) is 6.92 Å². The second-order valence-electron chi connectivity index (χ2n) is 3.60. The molecule has 15 heavy (non-hydrogen) atoms. The molecule has 0 aliphatic heterocycles. The second-order valence-corrected chi connectivity index (χ2v) is 3.60. The number of rotatable bonds is 4. The molecule has 0 bridgehead atoms. The molecule has 3 heteroatoms. The topological polar surface area (TPSA) is 46.5 Å². The molecule has 0 spiro atoms. The van der Waals surface area contributed by atoms with E-state index in [-0.39, 0.29) is 11.5 Å². The summed E-state index contributed by atoms with van der Waals surface area (Å²) in [5.41, 5.74) is 1.52. The number of phenols is 1. The summed E-state index contributed by atoms with van der Waals surface area (Å²) in [7, 11) is 1.57. The third kappa shape index (κ3) is 2.72. The van der Waals surface area contributed by atoms with Gasteiger partial charge < -0.3 is 14.6 Å². The van der Waals surface area contributed by atoms with E-state index in [2.05, 4.69) is 0 Å².